The highest BCUT2D eigenvalue weighted by Crippen LogP contribution is 2.27. The van der Waals surface area contributed by atoms with Crippen molar-refractivity contribution in [1.82, 2.24) is 15.2 Å². The van der Waals surface area contributed by atoms with Gasteiger partial charge < -0.3 is 25.4 Å². The van der Waals surface area contributed by atoms with E-state index in [2.05, 4.69) is 26.2 Å². The van der Waals surface area contributed by atoms with Crippen molar-refractivity contribution in [1.29, 1.82) is 0 Å². The number of rotatable bonds is 5. The summed E-state index contributed by atoms with van der Waals surface area (Å²) in [5.74, 6) is -1.46. The van der Waals surface area contributed by atoms with Crippen LogP contribution in [0.4, 0.5) is 0 Å². The molecule has 0 aliphatic carbocycles. The van der Waals surface area contributed by atoms with E-state index in [0.29, 0.717) is 19.5 Å². The lowest BCUT2D eigenvalue weighted by molar-refractivity contribution is -0.154. The molecule has 31 heavy (non-hydrogen) atoms. The average molecular weight is 486 g/mol. The van der Waals surface area contributed by atoms with Crippen LogP contribution in [0.25, 0.3) is 10.9 Å². The number of amides is 2. The third-order valence-electron chi connectivity index (χ3n) is 5.74. The predicted molar refractivity (Wildman–Crippen MR) is 120 cm³/mol. The van der Waals surface area contributed by atoms with E-state index >= 15 is 0 Å². The fourth-order valence-corrected chi connectivity index (χ4v) is 4.24. The minimum atomic E-state index is -1.85. The molecule has 3 aromatic rings. The maximum Gasteiger partial charge on any atom is 0.255 e. The van der Waals surface area contributed by atoms with Crippen molar-refractivity contribution >= 4 is 38.6 Å². The molecule has 1 aliphatic heterocycles. The molecule has 0 spiro atoms. The number of aliphatic hydroxyl groups excluding tert-OH is 2. The molecule has 1 aromatic heterocycles. The van der Waals surface area contributed by atoms with Gasteiger partial charge in [-0.05, 0) is 42.7 Å². The third-order valence-corrected chi connectivity index (χ3v) is 6.27. The summed E-state index contributed by atoms with van der Waals surface area (Å²) >= 11 is 3.36. The van der Waals surface area contributed by atoms with Crippen LogP contribution in [0.3, 0.4) is 0 Å². The zero-order chi connectivity index (χ0) is 22.1. The largest absolute Gasteiger partial charge is 0.380 e. The van der Waals surface area contributed by atoms with Gasteiger partial charge in [0.15, 0.2) is 12.2 Å². The second-order valence-electron chi connectivity index (χ2n) is 7.81. The second-order valence-corrected chi connectivity index (χ2v) is 8.72. The van der Waals surface area contributed by atoms with Gasteiger partial charge >= 0.3 is 0 Å². The first-order valence-electron chi connectivity index (χ1n) is 10.1. The Morgan fingerprint density at radius 3 is 2.55 bits per heavy atom. The minimum absolute atomic E-state index is 0.295. The Labute approximate surface area is 188 Å². The number of halogens is 1. The van der Waals surface area contributed by atoms with Crippen LogP contribution in [0.5, 0.6) is 0 Å². The minimum Gasteiger partial charge on any atom is -0.380 e. The number of benzene rings is 2. The molecule has 0 unspecified atom stereocenters. The molecule has 0 saturated carbocycles. The Balaban J connectivity index is 1.40. The number of aromatic amines is 1. The number of nitrogens with zero attached hydrogens (tertiary/aromatic N) is 1. The standard InChI is InChI=1S/C23H24BrN3O4/c1-13(14-6-8-15(24)9-7-14)25-22(30)20(28)21(29)23(31)27-11-10-17-16-4-2-3-5-18(16)26-19(17)12-27/h2-9,13,20-21,26,28-29H,10-12H2,1H3,(H,25,30)/t13-,20+,21+/m0/s1. The summed E-state index contributed by atoms with van der Waals surface area (Å²) in [4.78, 5) is 30.0. The van der Waals surface area contributed by atoms with Crippen molar-refractivity contribution in [2.45, 2.75) is 38.1 Å². The van der Waals surface area contributed by atoms with E-state index in [1.807, 2.05) is 48.5 Å². The van der Waals surface area contributed by atoms with Crippen molar-refractivity contribution in [2.75, 3.05) is 6.54 Å². The van der Waals surface area contributed by atoms with Crippen LogP contribution in [0.1, 0.15) is 29.8 Å². The molecule has 2 heterocycles. The van der Waals surface area contributed by atoms with Gasteiger partial charge in [-0.25, -0.2) is 0 Å². The molecule has 2 aromatic carbocycles. The molecule has 7 nitrogen and oxygen atoms in total. The van der Waals surface area contributed by atoms with Gasteiger partial charge in [0, 0.05) is 27.6 Å². The van der Waals surface area contributed by atoms with E-state index in [1.54, 1.807) is 6.92 Å². The lowest BCUT2D eigenvalue weighted by atomic mass is 10.0. The van der Waals surface area contributed by atoms with Crippen molar-refractivity contribution in [2.24, 2.45) is 0 Å². The fraction of sp³-hybridized carbons (Fsp3) is 0.304. The first-order valence-corrected chi connectivity index (χ1v) is 10.9. The van der Waals surface area contributed by atoms with Crippen molar-refractivity contribution in [3.8, 4) is 0 Å². The van der Waals surface area contributed by atoms with Crippen LogP contribution in [0, 0.1) is 0 Å². The fourth-order valence-electron chi connectivity index (χ4n) is 3.98. The van der Waals surface area contributed by atoms with Gasteiger partial charge in [0.25, 0.3) is 11.8 Å². The van der Waals surface area contributed by atoms with E-state index in [-0.39, 0.29) is 6.04 Å². The number of aliphatic hydroxyl groups is 2. The lowest BCUT2D eigenvalue weighted by Crippen LogP contribution is -2.51. The SMILES string of the molecule is C[C@H](NC(=O)[C@H](O)[C@@H](O)C(=O)N1CCc2c([nH]c3ccccc23)C1)c1ccc(Br)cc1. The van der Waals surface area contributed by atoms with Crippen LogP contribution in [-0.2, 0) is 22.6 Å². The van der Waals surface area contributed by atoms with Gasteiger partial charge in [0.2, 0.25) is 0 Å². The lowest BCUT2D eigenvalue weighted by Gasteiger charge is -2.30. The summed E-state index contributed by atoms with van der Waals surface area (Å²) in [6.45, 7) is 2.47. The maximum absolute atomic E-state index is 12.8. The zero-order valence-electron chi connectivity index (χ0n) is 17.0. The molecule has 0 bridgehead atoms. The molecular formula is C23H24BrN3O4. The smallest absolute Gasteiger partial charge is 0.255 e. The van der Waals surface area contributed by atoms with Crippen LogP contribution < -0.4 is 5.32 Å². The summed E-state index contributed by atoms with van der Waals surface area (Å²) in [6.07, 6.45) is -3.04. The summed E-state index contributed by atoms with van der Waals surface area (Å²) in [6, 6.07) is 14.9. The summed E-state index contributed by atoms with van der Waals surface area (Å²) in [7, 11) is 0. The summed E-state index contributed by atoms with van der Waals surface area (Å²) in [5.41, 5.74) is 3.92. The molecule has 0 fully saturated rings. The van der Waals surface area contributed by atoms with Gasteiger partial charge in [0.1, 0.15) is 0 Å². The van der Waals surface area contributed by atoms with Gasteiger partial charge in [0.05, 0.1) is 12.6 Å². The number of aromatic nitrogens is 1. The first kappa shape index (κ1) is 21.5. The van der Waals surface area contributed by atoms with Crippen LogP contribution in [-0.4, -0.2) is 50.7 Å². The number of fused-ring (bicyclic) bond motifs is 3. The number of carbonyl (C=O) groups is 2. The highest BCUT2D eigenvalue weighted by molar-refractivity contribution is 9.10. The number of nitrogens with one attached hydrogen (secondary N) is 2. The van der Waals surface area contributed by atoms with E-state index in [0.717, 1.165) is 32.2 Å². The van der Waals surface area contributed by atoms with Crippen molar-refractivity contribution in [3.05, 3.63) is 69.8 Å². The number of H-pyrrole nitrogens is 1. The maximum atomic E-state index is 12.8. The van der Waals surface area contributed by atoms with Crippen LogP contribution in [0.2, 0.25) is 0 Å². The Morgan fingerprint density at radius 1 is 1.10 bits per heavy atom. The van der Waals surface area contributed by atoms with Crippen molar-refractivity contribution in [3.63, 3.8) is 0 Å². The van der Waals surface area contributed by atoms with E-state index in [4.69, 9.17) is 0 Å². The van der Waals surface area contributed by atoms with Crippen LogP contribution in [0.15, 0.2) is 53.0 Å². The average Bonchev–Trinajstić information content (AvgIpc) is 3.15. The van der Waals surface area contributed by atoms with Gasteiger partial charge in [-0.2, -0.15) is 0 Å². The molecule has 4 rings (SSSR count). The molecular weight excluding hydrogens is 462 g/mol. The van der Waals surface area contributed by atoms with Crippen LogP contribution >= 0.6 is 15.9 Å². The molecule has 2 amide bonds. The molecule has 1 aliphatic rings. The topological polar surface area (TPSA) is 106 Å². The molecule has 162 valence electrons. The van der Waals surface area contributed by atoms with Gasteiger partial charge in [-0.3, -0.25) is 9.59 Å². The number of carbonyl (C=O) groups excluding carboxylic acids is 2. The molecule has 8 heteroatoms. The zero-order valence-corrected chi connectivity index (χ0v) is 18.6. The molecule has 0 radical (unpaired) electrons. The predicted octanol–water partition coefficient (Wildman–Crippen LogP) is 2.41. The van der Waals surface area contributed by atoms with Gasteiger partial charge in [-0.15, -0.1) is 0 Å². The third kappa shape index (κ3) is 4.37. The number of hydrogen-bond donors (Lipinski definition) is 4. The molecule has 0 saturated heterocycles. The highest BCUT2D eigenvalue weighted by atomic mass is 79.9. The summed E-state index contributed by atoms with van der Waals surface area (Å²) < 4.78 is 0.912. The first-order chi connectivity index (χ1) is 14.8. The number of para-hydroxylation sites is 1. The van der Waals surface area contributed by atoms with E-state index in [9.17, 15) is 19.8 Å². The number of hydrogen-bond acceptors (Lipinski definition) is 4. The summed E-state index contributed by atoms with van der Waals surface area (Å²) in [5, 5.41) is 24.5. The van der Waals surface area contributed by atoms with Gasteiger partial charge in [-0.1, -0.05) is 46.3 Å². The highest BCUT2D eigenvalue weighted by Gasteiger charge is 2.35. The Morgan fingerprint density at radius 2 is 1.81 bits per heavy atom. The normalized spacial score (nSPS) is 16.5. The Kier molecular flexibility index (Phi) is 6.13. The second kappa shape index (κ2) is 8.82. The monoisotopic (exact) mass is 485 g/mol. The van der Waals surface area contributed by atoms with Crippen molar-refractivity contribution < 1.29 is 19.8 Å². The Bertz CT molecular complexity index is 1110. The molecule has 4 N–H and O–H groups in total. The quantitative estimate of drug-likeness (QED) is 0.445. The van der Waals surface area contributed by atoms with E-state index in [1.165, 1.54) is 4.90 Å². The molecule has 3 atom stereocenters. The Hall–Kier alpha value is -2.68. The van der Waals surface area contributed by atoms with E-state index < -0.39 is 24.0 Å².